The van der Waals surface area contributed by atoms with Gasteiger partial charge in [0.25, 0.3) is 11.4 Å². The van der Waals surface area contributed by atoms with Crippen molar-refractivity contribution in [1.29, 1.82) is 0 Å². The smallest absolute Gasteiger partial charge is 0.270 e. The second kappa shape index (κ2) is 8.60. The van der Waals surface area contributed by atoms with E-state index in [-0.39, 0.29) is 21.7 Å². The Bertz CT molecular complexity index is 1240. The Balaban J connectivity index is 1.53. The van der Waals surface area contributed by atoms with Crippen LogP contribution >= 0.6 is 21.6 Å². The third-order valence-electron chi connectivity index (χ3n) is 4.21. The third kappa shape index (κ3) is 4.35. The number of rotatable bonds is 7. The van der Waals surface area contributed by atoms with Crippen LogP contribution in [0.4, 0.5) is 11.4 Å². The maximum atomic E-state index is 11.0. The van der Waals surface area contributed by atoms with Gasteiger partial charge in [-0.1, -0.05) is 24.3 Å². The van der Waals surface area contributed by atoms with Crippen LogP contribution in [-0.2, 0) is 0 Å². The van der Waals surface area contributed by atoms with Crippen LogP contribution < -0.4 is 0 Å². The number of nitro groups is 2. The number of hydrogen-bond acceptors (Lipinski definition) is 10. The Morgan fingerprint density at radius 3 is 1.53 bits per heavy atom. The zero-order chi connectivity index (χ0) is 22.8. The average Bonchev–Trinajstić information content (AvgIpc) is 3.34. The first kappa shape index (κ1) is 21.2. The lowest BCUT2D eigenvalue weighted by molar-refractivity contribution is -0.385. The molecule has 0 aliphatic rings. The van der Waals surface area contributed by atoms with E-state index in [0.717, 1.165) is 31.0 Å². The molecule has 0 fully saturated rings. The van der Waals surface area contributed by atoms with Crippen molar-refractivity contribution in [3.63, 3.8) is 0 Å². The van der Waals surface area contributed by atoms with Gasteiger partial charge < -0.3 is 10.4 Å². The van der Waals surface area contributed by atoms with Gasteiger partial charge in [-0.3, -0.25) is 20.2 Å². The van der Waals surface area contributed by atoms with E-state index in [4.69, 9.17) is 0 Å². The van der Waals surface area contributed by atoms with Crippen LogP contribution in [0, 0.1) is 20.2 Å². The summed E-state index contributed by atoms with van der Waals surface area (Å²) in [6, 6.07) is 11.7. The number of benzene rings is 2. The SMILES string of the molecule is O=[N+]([O-])c1cccc(-c2cn(O)c(SSc3nc(-c4cccc([N+](=O)[O-])c4)cn3O)n2)c1. The zero-order valence-corrected chi connectivity index (χ0v) is 17.4. The van der Waals surface area contributed by atoms with Crippen molar-refractivity contribution in [1.82, 2.24) is 19.4 Å². The van der Waals surface area contributed by atoms with E-state index in [0.29, 0.717) is 22.5 Å². The minimum atomic E-state index is -0.523. The molecular formula is C18H12N6O6S2. The van der Waals surface area contributed by atoms with Crippen molar-refractivity contribution in [2.45, 2.75) is 10.3 Å². The number of nitrogens with zero attached hydrogens (tertiary/aromatic N) is 6. The fourth-order valence-corrected chi connectivity index (χ4v) is 4.54. The van der Waals surface area contributed by atoms with Crippen LogP contribution in [0.3, 0.4) is 0 Å². The van der Waals surface area contributed by atoms with Gasteiger partial charge in [0.15, 0.2) is 0 Å². The Morgan fingerprint density at radius 1 is 0.750 bits per heavy atom. The van der Waals surface area contributed by atoms with E-state index in [2.05, 4.69) is 9.97 Å². The Labute approximate surface area is 186 Å². The van der Waals surface area contributed by atoms with E-state index in [1.807, 2.05) is 0 Å². The van der Waals surface area contributed by atoms with E-state index < -0.39 is 9.85 Å². The fraction of sp³-hybridized carbons (Fsp3) is 0. The van der Waals surface area contributed by atoms with Gasteiger partial charge in [-0.25, -0.2) is 9.97 Å². The molecule has 2 aromatic heterocycles. The molecule has 0 bridgehead atoms. The summed E-state index contributed by atoms with van der Waals surface area (Å²) in [5.74, 6) is 0. The number of hydrogen-bond donors (Lipinski definition) is 2. The molecule has 2 heterocycles. The second-order valence-electron chi connectivity index (χ2n) is 6.29. The monoisotopic (exact) mass is 472 g/mol. The maximum Gasteiger partial charge on any atom is 0.270 e. The van der Waals surface area contributed by atoms with Crippen LogP contribution in [0.25, 0.3) is 22.5 Å². The van der Waals surface area contributed by atoms with E-state index in [1.54, 1.807) is 12.1 Å². The number of non-ortho nitro benzene ring substituents is 2. The van der Waals surface area contributed by atoms with Gasteiger partial charge in [-0.2, -0.15) is 9.46 Å². The molecule has 0 amide bonds. The minimum Gasteiger partial charge on any atom is -0.426 e. The van der Waals surface area contributed by atoms with E-state index >= 15 is 0 Å². The third-order valence-corrected chi connectivity index (χ3v) is 6.29. The normalized spacial score (nSPS) is 10.9. The molecule has 2 N–H and O–H groups in total. The van der Waals surface area contributed by atoms with Crippen LogP contribution in [0.1, 0.15) is 0 Å². The minimum absolute atomic E-state index is 0.102. The van der Waals surface area contributed by atoms with Crippen LogP contribution in [0.15, 0.2) is 71.2 Å². The molecule has 0 unspecified atom stereocenters. The van der Waals surface area contributed by atoms with Gasteiger partial charge in [0.1, 0.15) is 0 Å². The van der Waals surface area contributed by atoms with Gasteiger partial charge in [-0.15, -0.1) is 0 Å². The van der Waals surface area contributed by atoms with Gasteiger partial charge >= 0.3 is 0 Å². The molecule has 0 spiro atoms. The van der Waals surface area contributed by atoms with Gasteiger partial charge in [0.05, 0.1) is 33.6 Å². The maximum absolute atomic E-state index is 11.0. The highest BCUT2D eigenvalue weighted by Gasteiger charge is 2.17. The Kier molecular flexibility index (Phi) is 5.70. The summed E-state index contributed by atoms with van der Waals surface area (Å²) in [6.07, 6.45) is 2.61. The highest BCUT2D eigenvalue weighted by atomic mass is 33.1. The van der Waals surface area contributed by atoms with Crippen LogP contribution in [-0.4, -0.2) is 39.7 Å². The standard InChI is InChI=1S/C18H12N6O6S2/c25-21-9-15(11-3-1-5-13(7-11)23(27)28)19-17(21)31-32-18-20-16(10-22(18)26)12-4-2-6-14(8-12)24(29)30/h1-10,25-26H. The average molecular weight is 472 g/mol. The number of nitro benzene ring substituents is 2. The molecule has 4 aromatic rings. The first-order valence-corrected chi connectivity index (χ1v) is 10.9. The topological polar surface area (TPSA) is 162 Å². The molecule has 0 aliphatic carbocycles. The van der Waals surface area contributed by atoms with Crippen molar-refractivity contribution in [3.8, 4) is 22.5 Å². The van der Waals surface area contributed by atoms with Gasteiger partial charge in [0.2, 0.25) is 10.3 Å². The largest absolute Gasteiger partial charge is 0.426 e. The fourth-order valence-electron chi connectivity index (χ4n) is 2.73. The molecule has 0 atom stereocenters. The number of imidazole rings is 2. The lowest BCUT2D eigenvalue weighted by atomic mass is 10.1. The highest BCUT2D eigenvalue weighted by Crippen LogP contribution is 2.38. The summed E-state index contributed by atoms with van der Waals surface area (Å²) in [5.41, 5.74) is 1.35. The van der Waals surface area contributed by atoms with Crippen LogP contribution in [0.2, 0.25) is 0 Å². The molecule has 0 saturated carbocycles. The van der Waals surface area contributed by atoms with Crippen molar-refractivity contribution < 1.29 is 20.3 Å². The molecule has 32 heavy (non-hydrogen) atoms. The summed E-state index contributed by atoms with van der Waals surface area (Å²) in [5, 5.41) is 42.5. The predicted molar refractivity (Wildman–Crippen MR) is 115 cm³/mol. The first-order valence-electron chi connectivity index (χ1n) is 8.73. The second-order valence-corrected chi connectivity index (χ2v) is 8.35. The molecule has 12 nitrogen and oxygen atoms in total. The van der Waals surface area contributed by atoms with E-state index in [1.165, 1.54) is 48.8 Å². The summed E-state index contributed by atoms with van der Waals surface area (Å²) >= 11 is 0. The molecule has 2 aromatic carbocycles. The lowest BCUT2D eigenvalue weighted by Crippen LogP contribution is -1.91. The first-order chi connectivity index (χ1) is 15.3. The van der Waals surface area contributed by atoms with Gasteiger partial charge in [-0.05, 0) is 21.6 Å². The molecular weight excluding hydrogens is 460 g/mol. The van der Waals surface area contributed by atoms with E-state index in [9.17, 15) is 30.6 Å². The molecule has 0 radical (unpaired) electrons. The van der Waals surface area contributed by atoms with Crippen molar-refractivity contribution in [2.24, 2.45) is 0 Å². The lowest BCUT2D eigenvalue weighted by Gasteiger charge is -1.99. The molecule has 4 rings (SSSR count). The van der Waals surface area contributed by atoms with Crippen molar-refractivity contribution in [2.75, 3.05) is 0 Å². The summed E-state index contributed by atoms with van der Waals surface area (Å²) in [7, 11) is 1.98. The molecule has 0 saturated heterocycles. The molecule has 162 valence electrons. The predicted octanol–water partition coefficient (Wildman–Crippen LogP) is 4.50. The Hall–Kier alpha value is -4.04. The summed E-state index contributed by atoms with van der Waals surface area (Å²) in [4.78, 5) is 29.4. The van der Waals surface area contributed by atoms with Crippen molar-refractivity contribution >= 4 is 33.0 Å². The summed E-state index contributed by atoms with van der Waals surface area (Å²) < 4.78 is 1.52. The molecule has 14 heteroatoms. The van der Waals surface area contributed by atoms with Crippen LogP contribution in [0.5, 0.6) is 0 Å². The number of aromatic nitrogens is 4. The zero-order valence-electron chi connectivity index (χ0n) is 15.8. The Morgan fingerprint density at radius 2 is 1.16 bits per heavy atom. The highest BCUT2D eigenvalue weighted by molar-refractivity contribution is 8.76. The van der Waals surface area contributed by atoms with Gasteiger partial charge in [0, 0.05) is 35.4 Å². The molecule has 0 aliphatic heterocycles. The quantitative estimate of drug-likeness (QED) is 0.169. The summed E-state index contributed by atoms with van der Waals surface area (Å²) in [6.45, 7) is 0. The van der Waals surface area contributed by atoms with Crippen molar-refractivity contribution in [3.05, 3.63) is 81.2 Å².